The van der Waals surface area contributed by atoms with Gasteiger partial charge in [-0.1, -0.05) is 36.4 Å². The molecule has 3 nitrogen and oxygen atoms in total. The minimum Gasteiger partial charge on any atom is -0.367 e. The average Bonchev–Trinajstić information content (AvgIpc) is 3.24. The molecule has 1 saturated carbocycles. The van der Waals surface area contributed by atoms with Crippen molar-refractivity contribution >= 4 is 5.82 Å². The SMILES string of the molecule is N[C@@H](c1ccccc1)c1ccc(NC2CC2)nc1. The van der Waals surface area contributed by atoms with Crippen molar-refractivity contribution in [3.05, 3.63) is 59.8 Å². The average molecular weight is 239 g/mol. The molecule has 1 fully saturated rings. The van der Waals surface area contributed by atoms with Crippen LogP contribution in [0.25, 0.3) is 0 Å². The number of aromatic nitrogens is 1. The summed E-state index contributed by atoms with van der Waals surface area (Å²) >= 11 is 0. The van der Waals surface area contributed by atoms with Crippen LogP contribution in [0, 0.1) is 0 Å². The molecule has 1 aliphatic rings. The third-order valence-electron chi connectivity index (χ3n) is 3.23. The van der Waals surface area contributed by atoms with E-state index in [9.17, 15) is 0 Å². The quantitative estimate of drug-likeness (QED) is 0.862. The number of rotatable bonds is 4. The van der Waals surface area contributed by atoms with Crippen LogP contribution in [-0.4, -0.2) is 11.0 Å². The van der Waals surface area contributed by atoms with Crippen LogP contribution in [0.3, 0.4) is 0 Å². The van der Waals surface area contributed by atoms with E-state index in [2.05, 4.69) is 16.4 Å². The van der Waals surface area contributed by atoms with Crippen LogP contribution in [0.4, 0.5) is 5.82 Å². The lowest BCUT2D eigenvalue weighted by Crippen LogP contribution is -2.12. The van der Waals surface area contributed by atoms with Gasteiger partial charge >= 0.3 is 0 Å². The highest BCUT2D eigenvalue weighted by atomic mass is 15.0. The molecule has 1 atom stereocenters. The Hall–Kier alpha value is -1.87. The Balaban J connectivity index is 1.75. The van der Waals surface area contributed by atoms with Gasteiger partial charge in [-0.05, 0) is 30.0 Å². The van der Waals surface area contributed by atoms with Gasteiger partial charge in [0.15, 0.2) is 0 Å². The van der Waals surface area contributed by atoms with E-state index in [1.165, 1.54) is 12.8 Å². The van der Waals surface area contributed by atoms with Crippen LogP contribution < -0.4 is 11.1 Å². The molecule has 2 aromatic rings. The number of hydrogen-bond acceptors (Lipinski definition) is 3. The van der Waals surface area contributed by atoms with E-state index < -0.39 is 0 Å². The summed E-state index contributed by atoms with van der Waals surface area (Å²) in [5, 5.41) is 3.37. The molecule has 1 heterocycles. The summed E-state index contributed by atoms with van der Waals surface area (Å²) in [7, 11) is 0. The van der Waals surface area contributed by atoms with Crippen LogP contribution in [0.1, 0.15) is 30.0 Å². The van der Waals surface area contributed by atoms with Crippen molar-refractivity contribution in [2.45, 2.75) is 24.9 Å². The highest BCUT2D eigenvalue weighted by molar-refractivity contribution is 5.40. The first kappa shape index (κ1) is 11.2. The van der Waals surface area contributed by atoms with Crippen LogP contribution in [0.15, 0.2) is 48.7 Å². The van der Waals surface area contributed by atoms with E-state index in [1.54, 1.807) is 0 Å². The fraction of sp³-hybridized carbons (Fsp3) is 0.267. The topological polar surface area (TPSA) is 50.9 Å². The monoisotopic (exact) mass is 239 g/mol. The van der Waals surface area contributed by atoms with Crippen LogP contribution in [0.5, 0.6) is 0 Å². The summed E-state index contributed by atoms with van der Waals surface area (Å²) < 4.78 is 0. The van der Waals surface area contributed by atoms with E-state index in [4.69, 9.17) is 5.73 Å². The lowest BCUT2D eigenvalue weighted by atomic mass is 10.0. The third kappa shape index (κ3) is 2.51. The van der Waals surface area contributed by atoms with Gasteiger partial charge in [-0.25, -0.2) is 4.98 Å². The molecular weight excluding hydrogens is 222 g/mol. The molecule has 0 unspecified atom stereocenters. The maximum absolute atomic E-state index is 6.22. The first-order valence-corrected chi connectivity index (χ1v) is 6.36. The second-order valence-electron chi connectivity index (χ2n) is 4.78. The highest BCUT2D eigenvalue weighted by Gasteiger charge is 2.21. The Labute approximate surface area is 107 Å². The molecular formula is C15H17N3. The Morgan fingerprint density at radius 3 is 2.44 bits per heavy atom. The van der Waals surface area contributed by atoms with Crippen LogP contribution in [-0.2, 0) is 0 Å². The molecule has 0 saturated heterocycles. The number of anilines is 1. The molecule has 0 bridgehead atoms. The Kier molecular flexibility index (Phi) is 2.99. The molecule has 1 aromatic heterocycles. The number of nitrogens with zero attached hydrogens (tertiary/aromatic N) is 1. The summed E-state index contributed by atoms with van der Waals surface area (Å²) in [5.74, 6) is 0.946. The fourth-order valence-corrected chi connectivity index (χ4v) is 1.96. The summed E-state index contributed by atoms with van der Waals surface area (Å²) in [4.78, 5) is 4.41. The fourth-order valence-electron chi connectivity index (χ4n) is 1.96. The molecule has 92 valence electrons. The summed E-state index contributed by atoms with van der Waals surface area (Å²) in [5.41, 5.74) is 8.38. The summed E-state index contributed by atoms with van der Waals surface area (Å²) in [6.45, 7) is 0. The predicted octanol–water partition coefficient (Wildman–Crippen LogP) is 2.70. The van der Waals surface area contributed by atoms with E-state index in [-0.39, 0.29) is 6.04 Å². The second-order valence-corrected chi connectivity index (χ2v) is 4.78. The van der Waals surface area contributed by atoms with Crippen molar-refractivity contribution in [3.8, 4) is 0 Å². The zero-order valence-electron chi connectivity index (χ0n) is 10.2. The van der Waals surface area contributed by atoms with Crippen molar-refractivity contribution in [1.29, 1.82) is 0 Å². The van der Waals surface area contributed by atoms with Gasteiger partial charge in [-0.3, -0.25) is 0 Å². The van der Waals surface area contributed by atoms with Crippen molar-refractivity contribution in [1.82, 2.24) is 4.98 Å². The van der Waals surface area contributed by atoms with Gasteiger partial charge in [0.2, 0.25) is 0 Å². The lowest BCUT2D eigenvalue weighted by Gasteiger charge is -2.12. The van der Waals surface area contributed by atoms with Crippen molar-refractivity contribution < 1.29 is 0 Å². The standard InChI is InChI=1S/C15H17N3/c16-15(11-4-2-1-3-5-11)12-6-9-14(17-10-12)18-13-7-8-13/h1-6,9-10,13,15H,7-8,16H2,(H,17,18)/t15-/m0/s1. The molecule has 0 radical (unpaired) electrons. The Morgan fingerprint density at radius 1 is 1.06 bits per heavy atom. The minimum absolute atomic E-state index is 0.103. The molecule has 18 heavy (non-hydrogen) atoms. The molecule has 3 N–H and O–H groups in total. The Bertz CT molecular complexity index is 503. The maximum atomic E-state index is 6.22. The van der Waals surface area contributed by atoms with Gasteiger partial charge in [-0.2, -0.15) is 0 Å². The van der Waals surface area contributed by atoms with Crippen LogP contribution >= 0.6 is 0 Å². The molecule has 0 spiro atoms. The third-order valence-corrected chi connectivity index (χ3v) is 3.23. The first-order valence-electron chi connectivity index (χ1n) is 6.36. The molecule has 1 aromatic carbocycles. The lowest BCUT2D eigenvalue weighted by molar-refractivity contribution is 0.863. The highest BCUT2D eigenvalue weighted by Crippen LogP contribution is 2.24. The minimum atomic E-state index is -0.103. The van der Waals surface area contributed by atoms with Gasteiger partial charge in [0.25, 0.3) is 0 Å². The largest absolute Gasteiger partial charge is 0.367 e. The Morgan fingerprint density at radius 2 is 1.83 bits per heavy atom. The van der Waals surface area contributed by atoms with Gasteiger partial charge < -0.3 is 11.1 Å². The maximum Gasteiger partial charge on any atom is 0.126 e. The summed E-state index contributed by atoms with van der Waals surface area (Å²) in [6.07, 6.45) is 4.38. The zero-order valence-corrected chi connectivity index (χ0v) is 10.2. The van der Waals surface area contributed by atoms with Crippen molar-refractivity contribution in [3.63, 3.8) is 0 Å². The van der Waals surface area contributed by atoms with E-state index >= 15 is 0 Å². The number of nitrogens with one attached hydrogen (secondary N) is 1. The van der Waals surface area contributed by atoms with E-state index in [1.807, 2.05) is 42.6 Å². The van der Waals surface area contributed by atoms with Crippen molar-refractivity contribution in [2.75, 3.05) is 5.32 Å². The number of hydrogen-bond donors (Lipinski definition) is 2. The second kappa shape index (κ2) is 4.78. The van der Waals surface area contributed by atoms with Gasteiger partial charge in [0.05, 0.1) is 6.04 Å². The number of nitrogens with two attached hydrogens (primary N) is 1. The molecule has 1 aliphatic carbocycles. The number of benzene rings is 1. The molecule has 3 rings (SSSR count). The summed E-state index contributed by atoms with van der Waals surface area (Å²) in [6, 6.07) is 14.7. The zero-order chi connectivity index (χ0) is 12.4. The van der Waals surface area contributed by atoms with E-state index in [0.29, 0.717) is 6.04 Å². The first-order chi connectivity index (χ1) is 8.83. The molecule has 0 aliphatic heterocycles. The van der Waals surface area contributed by atoms with Gasteiger partial charge in [0, 0.05) is 12.2 Å². The predicted molar refractivity (Wildman–Crippen MR) is 73.4 cm³/mol. The molecule has 3 heteroatoms. The van der Waals surface area contributed by atoms with Crippen molar-refractivity contribution in [2.24, 2.45) is 5.73 Å². The number of pyridine rings is 1. The van der Waals surface area contributed by atoms with E-state index in [0.717, 1.165) is 16.9 Å². The van der Waals surface area contributed by atoms with Crippen LogP contribution in [0.2, 0.25) is 0 Å². The normalized spacial score (nSPS) is 16.3. The van der Waals surface area contributed by atoms with Gasteiger partial charge in [-0.15, -0.1) is 0 Å². The van der Waals surface area contributed by atoms with Gasteiger partial charge in [0.1, 0.15) is 5.82 Å². The molecule has 0 amide bonds. The smallest absolute Gasteiger partial charge is 0.126 e.